The third kappa shape index (κ3) is 5.67. The predicted molar refractivity (Wildman–Crippen MR) is 109 cm³/mol. The van der Waals surface area contributed by atoms with Gasteiger partial charge < -0.3 is 5.32 Å². The number of carbonyl (C=O) groups excluding carboxylic acids is 1. The molecule has 1 amide bonds. The Kier molecular flexibility index (Phi) is 6.13. The van der Waals surface area contributed by atoms with Gasteiger partial charge in [-0.05, 0) is 79.8 Å². The van der Waals surface area contributed by atoms with E-state index in [1.54, 1.807) is 51.1 Å². The molecule has 0 fully saturated rings. The molecule has 0 aromatic heterocycles. The van der Waals surface area contributed by atoms with Crippen LogP contribution >= 0.6 is 34.2 Å². The van der Waals surface area contributed by atoms with Gasteiger partial charge in [-0.15, -0.1) is 0 Å². The third-order valence-corrected chi connectivity index (χ3v) is 6.32. The molecule has 2 aromatic rings. The van der Waals surface area contributed by atoms with E-state index in [0.29, 0.717) is 16.3 Å². The fourth-order valence-corrected chi connectivity index (χ4v) is 4.14. The fourth-order valence-electron chi connectivity index (χ4n) is 2.04. The highest BCUT2D eigenvalue weighted by Gasteiger charge is 2.22. The van der Waals surface area contributed by atoms with Gasteiger partial charge in [0.15, 0.2) is 0 Å². The molecule has 5 nitrogen and oxygen atoms in total. The Bertz CT molecular complexity index is 908. The molecule has 0 unspecified atom stereocenters. The number of halogens is 2. The summed E-state index contributed by atoms with van der Waals surface area (Å²) in [5.74, 6) is -0.340. The van der Waals surface area contributed by atoms with Crippen molar-refractivity contribution in [2.45, 2.75) is 31.2 Å². The molecule has 0 saturated carbocycles. The van der Waals surface area contributed by atoms with Crippen LogP contribution in [-0.4, -0.2) is 19.9 Å². The van der Waals surface area contributed by atoms with Gasteiger partial charge in [0.25, 0.3) is 5.91 Å². The maximum atomic E-state index is 12.4. The van der Waals surface area contributed by atoms with Gasteiger partial charge >= 0.3 is 0 Å². The zero-order valence-electron chi connectivity index (χ0n) is 13.9. The summed E-state index contributed by atoms with van der Waals surface area (Å²) in [7, 11) is -3.67. The van der Waals surface area contributed by atoms with Gasteiger partial charge in [0.1, 0.15) is 0 Å². The molecule has 2 N–H and O–H groups in total. The number of carbonyl (C=O) groups is 1. The largest absolute Gasteiger partial charge is 0.322 e. The lowest BCUT2D eigenvalue weighted by atomic mass is 10.1. The molecule has 0 aliphatic carbocycles. The number of anilines is 1. The SMILES string of the molecule is CC(C)(C)NS(=O)(=O)c1cccc(NC(=O)c2ccc(Cl)c(I)c2)c1. The van der Waals surface area contributed by atoms with Crippen LogP contribution in [0.3, 0.4) is 0 Å². The molecule has 2 aromatic carbocycles. The maximum Gasteiger partial charge on any atom is 0.255 e. The van der Waals surface area contributed by atoms with Crippen molar-refractivity contribution in [2.75, 3.05) is 5.32 Å². The van der Waals surface area contributed by atoms with Gasteiger partial charge in [-0.1, -0.05) is 17.7 Å². The molecule has 2 rings (SSSR count). The molecule has 0 heterocycles. The molecular formula is C17H18ClIN2O3S. The summed E-state index contributed by atoms with van der Waals surface area (Å²) in [5, 5.41) is 3.27. The van der Waals surface area contributed by atoms with Crippen LogP contribution in [0, 0.1) is 3.57 Å². The predicted octanol–water partition coefficient (Wildman–Crippen LogP) is 4.27. The second kappa shape index (κ2) is 7.61. The van der Waals surface area contributed by atoms with Crippen LogP contribution in [0.15, 0.2) is 47.4 Å². The van der Waals surface area contributed by atoms with Crippen molar-refractivity contribution < 1.29 is 13.2 Å². The van der Waals surface area contributed by atoms with Crippen molar-refractivity contribution in [1.29, 1.82) is 0 Å². The minimum absolute atomic E-state index is 0.0888. The summed E-state index contributed by atoms with van der Waals surface area (Å²) in [4.78, 5) is 12.4. The van der Waals surface area contributed by atoms with E-state index in [-0.39, 0.29) is 10.8 Å². The van der Waals surface area contributed by atoms with Crippen molar-refractivity contribution in [3.05, 3.63) is 56.6 Å². The first-order valence-corrected chi connectivity index (χ1v) is 10.3. The highest BCUT2D eigenvalue weighted by atomic mass is 127. The van der Waals surface area contributed by atoms with Crippen LogP contribution < -0.4 is 10.0 Å². The van der Waals surface area contributed by atoms with Gasteiger partial charge in [-0.25, -0.2) is 13.1 Å². The lowest BCUT2D eigenvalue weighted by Gasteiger charge is -2.20. The van der Waals surface area contributed by atoms with E-state index in [1.165, 1.54) is 12.1 Å². The molecule has 0 atom stereocenters. The summed E-state index contributed by atoms with van der Waals surface area (Å²) < 4.78 is 28.1. The molecular weight excluding hydrogens is 475 g/mol. The third-order valence-electron chi connectivity index (χ3n) is 3.02. The van der Waals surface area contributed by atoms with Gasteiger partial charge in [-0.2, -0.15) is 0 Å². The highest BCUT2D eigenvalue weighted by Crippen LogP contribution is 2.21. The molecule has 0 radical (unpaired) electrons. The standard InChI is InChI=1S/C17H18ClIN2O3S/c1-17(2,3)21-25(23,24)13-6-4-5-12(10-13)20-16(22)11-7-8-14(18)15(19)9-11/h4-10,21H,1-3H3,(H,20,22). The first-order valence-electron chi connectivity index (χ1n) is 7.38. The molecule has 0 bridgehead atoms. The minimum atomic E-state index is -3.67. The van der Waals surface area contributed by atoms with E-state index in [9.17, 15) is 13.2 Å². The maximum absolute atomic E-state index is 12.4. The summed E-state index contributed by atoms with van der Waals surface area (Å²) in [5.41, 5.74) is 0.236. The van der Waals surface area contributed by atoms with Gasteiger partial charge in [0, 0.05) is 20.4 Å². The number of benzene rings is 2. The summed E-state index contributed by atoms with van der Waals surface area (Å²) in [6.07, 6.45) is 0. The normalized spacial score (nSPS) is 12.0. The second-order valence-electron chi connectivity index (χ2n) is 6.47. The van der Waals surface area contributed by atoms with Crippen LogP contribution in [0.5, 0.6) is 0 Å². The zero-order valence-corrected chi connectivity index (χ0v) is 17.7. The number of rotatable bonds is 4. The van der Waals surface area contributed by atoms with Crippen molar-refractivity contribution in [2.24, 2.45) is 0 Å². The van der Waals surface area contributed by atoms with Crippen LogP contribution in [0.25, 0.3) is 0 Å². The Morgan fingerprint density at radius 2 is 1.80 bits per heavy atom. The van der Waals surface area contributed by atoms with Crippen LogP contribution in [0.1, 0.15) is 31.1 Å². The lowest BCUT2D eigenvalue weighted by Crippen LogP contribution is -2.40. The fraction of sp³-hybridized carbons (Fsp3) is 0.235. The van der Waals surface area contributed by atoms with E-state index in [0.717, 1.165) is 3.57 Å². The Morgan fingerprint density at radius 3 is 2.40 bits per heavy atom. The van der Waals surface area contributed by atoms with Crippen LogP contribution in [0.4, 0.5) is 5.69 Å². The van der Waals surface area contributed by atoms with Crippen molar-refractivity contribution in [1.82, 2.24) is 4.72 Å². The molecule has 134 valence electrons. The van der Waals surface area contributed by atoms with Crippen molar-refractivity contribution >= 4 is 55.8 Å². The van der Waals surface area contributed by atoms with E-state index < -0.39 is 15.6 Å². The quantitative estimate of drug-likeness (QED) is 0.626. The van der Waals surface area contributed by atoms with Crippen molar-refractivity contribution in [3.63, 3.8) is 0 Å². The molecule has 0 spiro atoms. The average molecular weight is 493 g/mol. The number of hydrogen-bond donors (Lipinski definition) is 2. The Balaban J connectivity index is 2.24. The zero-order chi connectivity index (χ0) is 18.8. The number of sulfonamides is 1. The highest BCUT2D eigenvalue weighted by molar-refractivity contribution is 14.1. The lowest BCUT2D eigenvalue weighted by molar-refractivity contribution is 0.102. The molecule has 25 heavy (non-hydrogen) atoms. The Morgan fingerprint density at radius 1 is 1.12 bits per heavy atom. The Labute approximate surface area is 166 Å². The Hall–Kier alpha value is -1.16. The minimum Gasteiger partial charge on any atom is -0.322 e. The van der Waals surface area contributed by atoms with Gasteiger partial charge in [0.05, 0.1) is 9.92 Å². The molecule has 0 saturated heterocycles. The first kappa shape index (κ1) is 20.2. The average Bonchev–Trinajstić information content (AvgIpc) is 2.48. The van der Waals surface area contributed by atoms with E-state index in [1.807, 2.05) is 22.6 Å². The monoisotopic (exact) mass is 492 g/mol. The first-order chi connectivity index (χ1) is 11.5. The number of hydrogen-bond acceptors (Lipinski definition) is 3. The van der Waals surface area contributed by atoms with E-state index >= 15 is 0 Å². The number of amides is 1. The topological polar surface area (TPSA) is 75.3 Å². The molecule has 0 aliphatic rings. The molecule has 8 heteroatoms. The van der Waals surface area contributed by atoms with Gasteiger partial charge in [-0.3, -0.25) is 4.79 Å². The summed E-state index contributed by atoms with van der Waals surface area (Å²) >= 11 is 8.00. The van der Waals surface area contributed by atoms with E-state index in [4.69, 9.17) is 11.6 Å². The van der Waals surface area contributed by atoms with Crippen LogP contribution in [-0.2, 0) is 10.0 Å². The number of nitrogens with one attached hydrogen (secondary N) is 2. The summed E-state index contributed by atoms with van der Waals surface area (Å²) in [6, 6.07) is 11.0. The smallest absolute Gasteiger partial charge is 0.255 e. The molecule has 0 aliphatic heterocycles. The second-order valence-corrected chi connectivity index (χ2v) is 9.72. The van der Waals surface area contributed by atoms with Crippen molar-refractivity contribution in [3.8, 4) is 0 Å². The van der Waals surface area contributed by atoms with Crippen LogP contribution in [0.2, 0.25) is 5.02 Å². The summed E-state index contributed by atoms with van der Waals surface area (Å²) in [6.45, 7) is 5.29. The van der Waals surface area contributed by atoms with Gasteiger partial charge in [0.2, 0.25) is 10.0 Å². The van der Waals surface area contributed by atoms with E-state index in [2.05, 4.69) is 10.0 Å².